The van der Waals surface area contributed by atoms with Gasteiger partial charge in [-0.2, -0.15) is 0 Å². The van der Waals surface area contributed by atoms with Crippen LogP contribution in [-0.2, 0) is 6.54 Å². The van der Waals surface area contributed by atoms with Crippen LogP contribution in [0.2, 0.25) is 0 Å². The van der Waals surface area contributed by atoms with Gasteiger partial charge in [-0.05, 0) is 26.8 Å². The van der Waals surface area contributed by atoms with Gasteiger partial charge in [0.15, 0.2) is 0 Å². The fraction of sp³-hybridized carbons (Fsp3) is 0.643. The summed E-state index contributed by atoms with van der Waals surface area (Å²) in [6.07, 6.45) is 4.41. The first-order chi connectivity index (χ1) is 8.17. The third-order valence-corrected chi connectivity index (χ3v) is 2.67. The van der Waals surface area contributed by atoms with Gasteiger partial charge in [0.1, 0.15) is 5.75 Å². The Morgan fingerprint density at radius 1 is 1.41 bits per heavy atom. The highest BCUT2D eigenvalue weighted by molar-refractivity contribution is 5.33. The quantitative estimate of drug-likeness (QED) is 0.790. The van der Waals surface area contributed by atoms with Crippen molar-refractivity contribution in [2.75, 3.05) is 6.54 Å². The number of aromatic nitrogens is 1. The maximum absolute atomic E-state index is 5.98. The summed E-state index contributed by atoms with van der Waals surface area (Å²) < 4.78 is 5.98. The minimum atomic E-state index is 0.266. The Morgan fingerprint density at radius 3 is 2.82 bits per heavy atom. The van der Waals surface area contributed by atoms with Crippen molar-refractivity contribution >= 4 is 0 Å². The molecule has 0 radical (unpaired) electrons. The molecular weight excluding hydrogens is 212 g/mol. The zero-order valence-electron chi connectivity index (χ0n) is 11.4. The van der Waals surface area contributed by atoms with Crippen molar-refractivity contribution in [1.82, 2.24) is 10.3 Å². The van der Waals surface area contributed by atoms with Crippen LogP contribution < -0.4 is 10.1 Å². The van der Waals surface area contributed by atoms with Crippen LogP contribution in [0, 0.1) is 6.92 Å². The predicted molar refractivity (Wildman–Crippen MR) is 71.4 cm³/mol. The molecule has 0 amide bonds. The highest BCUT2D eigenvalue weighted by Gasteiger charge is 2.08. The predicted octanol–water partition coefficient (Wildman–Crippen LogP) is 3.07. The minimum absolute atomic E-state index is 0.266. The van der Waals surface area contributed by atoms with Gasteiger partial charge in [0.05, 0.1) is 6.10 Å². The second-order valence-electron chi connectivity index (χ2n) is 4.43. The van der Waals surface area contributed by atoms with E-state index in [1.54, 1.807) is 0 Å². The van der Waals surface area contributed by atoms with E-state index >= 15 is 0 Å². The molecule has 0 bridgehead atoms. The van der Waals surface area contributed by atoms with Gasteiger partial charge in [0.25, 0.3) is 0 Å². The summed E-state index contributed by atoms with van der Waals surface area (Å²) >= 11 is 0. The second-order valence-corrected chi connectivity index (χ2v) is 4.43. The Bertz CT molecular complexity index is 339. The van der Waals surface area contributed by atoms with E-state index in [1.807, 2.05) is 19.2 Å². The third kappa shape index (κ3) is 4.73. The lowest BCUT2D eigenvalue weighted by Crippen LogP contribution is -2.16. The van der Waals surface area contributed by atoms with Crippen molar-refractivity contribution in [2.24, 2.45) is 0 Å². The van der Waals surface area contributed by atoms with E-state index in [2.05, 4.69) is 31.1 Å². The first-order valence-electron chi connectivity index (χ1n) is 6.50. The number of rotatable bonds is 7. The number of pyridine rings is 1. The van der Waals surface area contributed by atoms with Gasteiger partial charge < -0.3 is 10.1 Å². The minimum Gasteiger partial charge on any atom is -0.490 e. The molecule has 0 spiro atoms. The van der Waals surface area contributed by atoms with Gasteiger partial charge >= 0.3 is 0 Å². The third-order valence-electron chi connectivity index (χ3n) is 2.67. The molecule has 17 heavy (non-hydrogen) atoms. The number of nitrogens with zero attached hydrogens (tertiary/aromatic N) is 1. The van der Waals surface area contributed by atoms with E-state index in [4.69, 9.17) is 4.74 Å². The molecule has 1 aromatic heterocycles. The van der Waals surface area contributed by atoms with Gasteiger partial charge in [-0.15, -0.1) is 0 Å². The van der Waals surface area contributed by atoms with Crippen molar-refractivity contribution in [3.8, 4) is 5.75 Å². The average Bonchev–Trinajstić information content (AvgIpc) is 2.28. The summed E-state index contributed by atoms with van der Waals surface area (Å²) in [4.78, 5) is 4.33. The van der Waals surface area contributed by atoms with Gasteiger partial charge in [0.2, 0.25) is 0 Å². The van der Waals surface area contributed by atoms with E-state index in [-0.39, 0.29) is 6.10 Å². The average molecular weight is 236 g/mol. The number of nitrogens with one attached hydrogen (secondary N) is 1. The molecule has 0 saturated carbocycles. The molecule has 3 nitrogen and oxygen atoms in total. The van der Waals surface area contributed by atoms with E-state index in [9.17, 15) is 0 Å². The molecular formula is C14H24N2O. The van der Waals surface area contributed by atoms with Crippen molar-refractivity contribution in [1.29, 1.82) is 0 Å². The Morgan fingerprint density at radius 2 is 2.18 bits per heavy atom. The van der Waals surface area contributed by atoms with E-state index in [1.165, 1.54) is 0 Å². The fourth-order valence-corrected chi connectivity index (χ4v) is 1.75. The topological polar surface area (TPSA) is 34.1 Å². The molecule has 1 atom stereocenters. The number of aryl methyl sites for hydroxylation is 1. The van der Waals surface area contributed by atoms with E-state index < -0.39 is 0 Å². The molecule has 0 aliphatic carbocycles. The maximum atomic E-state index is 5.98. The zero-order valence-corrected chi connectivity index (χ0v) is 11.4. The zero-order chi connectivity index (χ0) is 12.7. The Labute approximate surface area is 105 Å². The van der Waals surface area contributed by atoms with Crippen LogP contribution in [0.25, 0.3) is 0 Å². The molecule has 0 aliphatic rings. The Balaban J connectivity index is 2.75. The van der Waals surface area contributed by atoms with Crippen molar-refractivity contribution < 1.29 is 4.74 Å². The standard InChI is InChI=1S/C14H24N2O/c1-5-7-12(4)17-14-8-11(3)16-10-13(14)9-15-6-2/h8,10,12,15H,5-7,9H2,1-4H3. The highest BCUT2D eigenvalue weighted by atomic mass is 16.5. The SMILES string of the molecule is CCCC(C)Oc1cc(C)ncc1CNCC. The highest BCUT2D eigenvalue weighted by Crippen LogP contribution is 2.21. The summed E-state index contributed by atoms with van der Waals surface area (Å²) in [7, 11) is 0. The van der Waals surface area contributed by atoms with Crippen LogP contribution in [0.15, 0.2) is 12.3 Å². The van der Waals surface area contributed by atoms with Crippen LogP contribution in [0.5, 0.6) is 5.75 Å². The maximum Gasteiger partial charge on any atom is 0.127 e. The van der Waals surface area contributed by atoms with Crippen LogP contribution in [-0.4, -0.2) is 17.6 Å². The monoisotopic (exact) mass is 236 g/mol. The summed E-state index contributed by atoms with van der Waals surface area (Å²) in [5, 5.41) is 3.31. The molecule has 96 valence electrons. The molecule has 0 aliphatic heterocycles. The normalized spacial score (nSPS) is 12.5. The van der Waals surface area contributed by atoms with E-state index in [0.29, 0.717) is 0 Å². The lowest BCUT2D eigenvalue weighted by molar-refractivity contribution is 0.207. The molecule has 1 heterocycles. The van der Waals surface area contributed by atoms with Gasteiger partial charge in [-0.25, -0.2) is 0 Å². The lowest BCUT2D eigenvalue weighted by Gasteiger charge is -2.17. The molecule has 1 unspecified atom stereocenters. The summed E-state index contributed by atoms with van der Waals surface area (Å²) in [5.74, 6) is 0.972. The van der Waals surface area contributed by atoms with Crippen LogP contribution in [0.1, 0.15) is 44.9 Å². The molecule has 0 fully saturated rings. The molecule has 1 N–H and O–H groups in total. The van der Waals surface area contributed by atoms with Crippen LogP contribution in [0.4, 0.5) is 0 Å². The largest absolute Gasteiger partial charge is 0.490 e. The Kier molecular flexibility index (Phi) is 5.98. The first-order valence-corrected chi connectivity index (χ1v) is 6.50. The van der Waals surface area contributed by atoms with Gasteiger partial charge in [0, 0.05) is 30.1 Å². The molecule has 3 heteroatoms. The Hall–Kier alpha value is -1.09. The van der Waals surface area contributed by atoms with Crippen molar-refractivity contribution in [3.05, 3.63) is 23.5 Å². The van der Waals surface area contributed by atoms with Crippen LogP contribution in [0.3, 0.4) is 0 Å². The summed E-state index contributed by atoms with van der Waals surface area (Å²) in [5.41, 5.74) is 2.14. The van der Waals surface area contributed by atoms with Crippen LogP contribution >= 0.6 is 0 Å². The van der Waals surface area contributed by atoms with Gasteiger partial charge in [-0.1, -0.05) is 20.3 Å². The van der Waals surface area contributed by atoms with Crippen molar-refractivity contribution in [2.45, 2.75) is 53.2 Å². The molecule has 1 rings (SSSR count). The number of hydrogen-bond donors (Lipinski definition) is 1. The number of ether oxygens (including phenoxy) is 1. The fourth-order valence-electron chi connectivity index (χ4n) is 1.75. The molecule has 0 saturated heterocycles. The van der Waals surface area contributed by atoms with E-state index in [0.717, 1.165) is 42.9 Å². The number of hydrogen-bond acceptors (Lipinski definition) is 3. The second kappa shape index (κ2) is 7.28. The summed E-state index contributed by atoms with van der Waals surface area (Å²) in [6, 6.07) is 2.03. The smallest absolute Gasteiger partial charge is 0.127 e. The molecule has 1 aromatic rings. The van der Waals surface area contributed by atoms with Crippen molar-refractivity contribution in [3.63, 3.8) is 0 Å². The first kappa shape index (κ1) is 14.0. The van der Waals surface area contributed by atoms with Gasteiger partial charge in [-0.3, -0.25) is 4.98 Å². The molecule has 0 aromatic carbocycles. The summed E-state index contributed by atoms with van der Waals surface area (Å²) in [6.45, 7) is 10.2. The lowest BCUT2D eigenvalue weighted by atomic mass is 10.2.